The summed E-state index contributed by atoms with van der Waals surface area (Å²) in [5.74, 6) is 0. The summed E-state index contributed by atoms with van der Waals surface area (Å²) in [6.45, 7) is 2.19. The molecule has 10 rings (SSSR count). The summed E-state index contributed by atoms with van der Waals surface area (Å²) >= 11 is 0. The van der Waals surface area contributed by atoms with E-state index in [1.165, 1.54) is 76.7 Å². The van der Waals surface area contributed by atoms with E-state index < -0.39 is 0 Å². The van der Waals surface area contributed by atoms with Gasteiger partial charge in [0.05, 0.1) is 33.1 Å². The zero-order valence-corrected chi connectivity index (χ0v) is 25.4. The largest absolute Gasteiger partial charge is 0.309 e. The standard InChI is InChI=1S/C43H29N3/c1-28-22-23-41-35(24-28)37-26-36-34-18-7-10-21-40(34)44(29-12-3-2-4-13-29)42(36)27-43(37)46(41)31-15-11-14-30(25-31)45-38-19-8-5-16-32(38)33-17-6-9-20-39(33)45/h2-27H,1H3. The first kappa shape index (κ1) is 25.3. The zero-order valence-electron chi connectivity index (χ0n) is 25.4. The molecule has 46 heavy (non-hydrogen) atoms. The van der Waals surface area contributed by atoms with Gasteiger partial charge < -0.3 is 13.7 Å². The molecule has 0 saturated heterocycles. The van der Waals surface area contributed by atoms with Crippen molar-refractivity contribution in [2.45, 2.75) is 6.92 Å². The van der Waals surface area contributed by atoms with Crippen LogP contribution in [0.25, 0.3) is 82.5 Å². The number of nitrogens with zero attached hydrogens (tertiary/aromatic N) is 3. The molecule has 0 radical (unpaired) electrons. The molecule has 0 amide bonds. The van der Waals surface area contributed by atoms with Crippen molar-refractivity contribution < 1.29 is 0 Å². The fourth-order valence-electron chi connectivity index (χ4n) is 7.70. The lowest BCUT2D eigenvalue weighted by Gasteiger charge is -2.13. The number of fused-ring (bicyclic) bond motifs is 9. The Morgan fingerprint density at radius 2 is 0.717 bits per heavy atom. The van der Waals surface area contributed by atoms with Crippen LogP contribution in [0.4, 0.5) is 0 Å². The highest BCUT2D eigenvalue weighted by Crippen LogP contribution is 2.40. The molecule has 3 aromatic heterocycles. The number of hydrogen-bond donors (Lipinski definition) is 0. The van der Waals surface area contributed by atoms with E-state index in [9.17, 15) is 0 Å². The minimum atomic E-state index is 1.14. The summed E-state index contributed by atoms with van der Waals surface area (Å²) in [7, 11) is 0. The molecule has 0 spiro atoms. The molecule has 3 nitrogen and oxygen atoms in total. The van der Waals surface area contributed by atoms with Gasteiger partial charge in [0.25, 0.3) is 0 Å². The van der Waals surface area contributed by atoms with E-state index in [1.807, 2.05) is 0 Å². The fourth-order valence-corrected chi connectivity index (χ4v) is 7.70. The summed E-state index contributed by atoms with van der Waals surface area (Å²) in [4.78, 5) is 0. The number of aryl methyl sites for hydroxylation is 1. The maximum atomic E-state index is 2.45. The van der Waals surface area contributed by atoms with Crippen molar-refractivity contribution in [1.82, 2.24) is 13.7 Å². The van der Waals surface area contributed by atoms with Crippen LogP contribution in [0.2, 0.25) is 0 Å². The lowest BCUT2D eigenvalue weighted by atomic mass is 10.1. The summed E-state index contributed by atoms with van der Waals surface area (Å²) in [6.07, 6.45) is 0. The smallest absolute Gasteiger partial charge is 0.0562 e. The predicted octanol–water partition coefficient (Wildman–Crippen LogP) is 11.3. The van der Waals surface area contributed by atoms with Crippen LogP contribution in [0, 0.1) is 6.92 Å². The monoisotopic (exact) mass is 587 g/mol. The van der Waals surface area contributed by atoms with Crippen LogP contribution in [-0.2, 0) is 0 Å². The SMILES string of the molecule is Cc1ccc2c(c1)c1cc3c4ccccc4n(-c4ccccc4)c3cc1n2-c1cccc(-n2c3ccccc3c3ccccc32)c1. The molecule has 0 aliphatic rings. The van der Waals surface area contributed by atoms with Gasteiger partial charge in [0.1, 0.15) is 0 Å². The van der Waals surface area contributed by atoms with Crippen LogP contribution in [-0.4, -0.2) is 13.7 Å². The second kappa shape index (κ2) is 9.47. The first-order valence-corrected chi connectivity index (χ1v) is 15.9. The molecule has 0 aliphatic carbocycles. The molecule has 7 aromatic carbocycles. The van der Waals surface area contributed by atoms with Crippen molar-refractivity contribution in [1.29, 1.82) is 0 Å². The van der Waals surface area contributed by atoms with Crippen LogP contribution in [0.5, 0.6) is 0 Å². The first-order chi connectivity index (χ1) is 22.7. The predicted molar refractivity (Wildman–Crippen MR) is 194 cm³/mol. The van der Waals surface area contributed by atoms with Gasteiger partial charge >= 0.3 is 0 Å². The quantitative estimate of drug-likeness (QED) is 0.195. The third-order valence-electron chi connectivity index (χ3n) is 9.65. The topological polar surface area (TPSA) is 14.8 Å². The van der Waals surface area contributed by atoms with Crippen molar-refractivity contribution in [2.24, 2.45) is 0 Å². The van der Waals surface area contributed by atoms with E-state index in [0.717, 1.165) is 11.4 Å². The Morgan fingerprint density at radius 1 is 0.283 bits per heavy atom. The molecule has 0 bridgehead atoms. The maximum absolute atomic E-state index is 2.45. The van der Waals surface area contributed by atoms with Crippen LogP contribution >= 0.6 is 0 Å². The van der Waals surface area contributed by atoms with Crippen molar-refractivity contribution in [2.75, 3.05) is 0 Å². The van der Waals surface area contributed by atoms with Crippen molar-refractivity contribution in [3.8, 4) is 17.1 Å². The van der Waals surface area contributed by atoms with E-state index in [4.69, 9.17) is 0 Å². The molecular formula is C43H29N3. The molecule has 0 fully saturated rings. The number of para-hydroxylation sites is 4. The highest BCUT2D eigenvalue weighted by atomic mass is 15.0. The van der Waals surface area contributed by atoms with E-state index >= 15 is 0 Å². The average molecular weight is 588 g/mol. The Morgan fingerprint density at radius 3 is 1.35 bits per heavy atom. The van der Waals surface area contributed by atoms with Crippen LogP contribution in [0.15, 0.2) is 158 Å². The Bertz CT molecular complexity index is 2760. The number of rotatable bonds is 3. The maximum Gasteiger partial charge on any atom is 0.0562 e. The number of benzene rings is 7. The average Bonchev–Trinajstić information content (AvgIpc) is 3.73. The molecular weight excluding hydrogens is 558 g/mol. The molecule has 3 heteroatoms. The van der Waals surface area contributed by atoms with Gasteiger partial charge in [0.2, 0.25) is 0 Å². The lowest BCUT2D eigenvalue weighted by Crippen LogP contribution is -1.99. The third-order valence-corrected chi connectivity index (χ3v) is 9.65. The minimum Gasteiger partial charge on any atom is -0.309 e. The Hall–Kier alpha value is -6.06. The minimum absolute atomic E-state index is 1.14. The first-order valence-electron chi connectivity index (χ1n) is 15.9. The van der Waals surface area contributed by atoms with Crippen LogP contribution < -0.4 is 0 Å². The zero-order chi connectivity index (χ0) is 30.4. The van der Waals surface area contributed by atoms with Crippen LogP contribution in [0.1, 0.15) is 5.56 Å². The normalized spacial score (nSPS) is 12.0. The van der Waals surface area contributed by atoms with E-state index in [1.54, 1.807) is 0 Å². The van der Waals surface area contributed by atoms with Gasteiger partial charge in [0.15, 0.2) is 0 Å². The van der Waals surface area contributed by atoms with Crippen LogP contribution in [0.3, 0.4) is 0 Å². The van der Waals surface area contributed by atoms with E-state index in [2.05, 4.69) is 178 Å². The Kier molecular flexibility index (Phi) is 5.20. The summed E-state index contributed by atoms with van der Waals surface area (Å²) in [6, 6.07) is 57.6. The highest BCUT2D eigenvalue weighted by molar-refractivity contribution is 6.19. The fraction of sp³-hybridized carbons (Fsp3) is 0.0233. The van der Waals surface area contributed by atoms with Gasteiger partial charge in [-0.05, 0) is 79.7 Å². The number of hydrogen-bond acceptors (Lipinski definition) is 0. The van der Waals surface area contributed by atoms with E-state index in [0.29, 0.717) is 0 Å². The Balaban J connectivity index is 1.31. The van der Waals surface area contributed by atoms with Gasteiger partial charge in [-0.15, -0.1) is 0 Å². The van der Waals surface area contributed by atoms with Gasteiger partial charge in [-0.25, -0.2) is 0 Å². The second-order valence-corrected chi connectivity index (χ2v) is 12.3. The number of aromatic nitrogens is 3. The molecule has 216 valence electrons. The van der Waals surface area contributed by atoms with Crippen molar-refractivity contribution in [3.63, 3.8) is 0 Å². The van der Waals surface area contributed by atoms with Gasteiger partial charge in [-0.1, -0.05) is 90.5 Å². The Labute approximate surface area is 265 Å². The second-order valence-electron chi connectivity index (χ2n) is 12.3. The molecule has 0 aliphatic heterocycles. The van der Waals surface area contributed by atoms with Gasteiger partial charge in [0, 0.05) is 49.4 Å². The third kappa shape index (κ3) is 3.48. The lowest BCUT2D eigenvalue weighted by molar-refractivity contribution is 1.13. The van der Waals surface area contributed by atoms with Gasteiger partial charge in [-0.3, -0.25) is 0 Å². The molecule has 0 saturated carbocycles. The van der Waals surface area contributed by atoms with Crippen molar-refractivity contribution in [3.05, 3.63) is 163 Å². The molecule has 10 aromatic rings. The van der Waals surface area contributed by atoms with E-state index in [-0.39, 0.29) is 0 Å². The summed E-state index contributed by atoms with van der Waals surface area (Å²) in [5.41, 5.74) is 12.0. The molecule has 0 atom stereocenters. The summed E-state index contributed by atoms with van der Waals surface area (Å²) in [5, 5.41) is 7.62. The highest BCUT2D eigenvalue weighted by Gasteiger charge is 2.19. The van der Waals surface area contributed by atoms with Crippen molar-refractivity contribution >= 4 is 65.4 Å². The molecule has 3 heterocycles. The van der Waals surface area contributed by atoms with Gasteiger partial charge in [-0.2, -0.15) is 0 Å². The molecule has 0 N–H and O–H groups in total. The molecule has 0 unspecified atom stereocenters. The summed E-state index contributed by atoms with van der Waals surface area (Å²) < 4.78 is 7.26.